The molecule has 1 aliphatic rings. The van der Waals surface area contributed by atoms with Gasteiger partial charge in [-0.05, 0) is 24.6 Å². The van der Waals surface area contributed by atoms with Gasteiger partial charge >= 0.3 is 0 Å². The summed E-state index contributed by atoms with van der Waals surface area (Å²) in [4.78, 5) is 27.8. The van der Waals surface area contributed by atoms with Gasteiger partial charge in [0.15, 0.2) is 0 Å². The molecule has 142 valence electrons. The largest absolute Gasteiger partial charge is 0.378 e. The molecule has 1 aliphatic heterocycles. The van der Waals surface area contributed by atoms with Crippen LogP contribution < -0.4 is 5.32 Å². The van der Waals surface area contributed by atoms with E-state index in [1.54, 1.807) is 6.07 Å². The molecule has 0 spiro atoms. The van der Waals surface area contributed by atoms with E-state index in [-0.39, 0.29) is 17.9 Å². The van der Waals surface area contributed by atoms with Gasteiger partial charge in [-0.25, -0.2) is 0 Å². The SMILES string of the molecule is CC(NC(=O)c1ccccc1SCC(=O)N1CCOCC1)c1ccccc1. The Morgan fingerprint density at radius 1 is 1.07 bits per heavy atom. The van der Waals surface area contributed by atoms with Crippen LogP contribution in [0, 0.1) is 0 Å². The molecule has 6 heteroatoms. The molecule has 0 aromatic heterocycles. The van der Waals surface area contributed by atoms with Crippen LogP contribution in [0.2, 0.25) is 0 Å². The van der Waals surface area contributed by atoms with Gasteiger partial charge in [-0.15, -0.1) is 11.8 Å². The molecule has 2 aromatic carbocycles. The number of rotatable bonds is 6. The van der Waals surface area contributed by atoms with Crippen molar-refractivity contribution in [2.75, 3.05) is 32.1 Å². The fourth-order valence-electron chi connectivity index (χ4n) is 2.92. The van der Waals surface area contributed by atoms with Gasteiger partial charge < -0.3 is 15.0 Å². The van der Waals surface area contributed by atoms with E-state index in [1.807, 2.05) is 60.4 Å². The minimum Gasteiger partial charge on any atom is -0.378 e. The van der Waals surface area contributed by atoms with Crippen LogP contribution in [0.3, 0.4) is 0 Å². The van der Waals surface area contributed by atoms with Crippen molar-refractivity contribution < 1.29 is 14.3 Å². The van der Waals surface area contributed by atoms with Crippen molar-refractivity contribution >= 4 is 23.6 Å². The van der Waals surface area contributed by atoms with E-state index in [0.717, 1.165) is 10.5 Å². The predicted molar refractivity (Wildman–Crippen MR) is 107 cm³/mol. The molecule has 0 saturated carbocycles. The van der Waals surface area contributed by atoms with Crippen LogP contribution in [-0.2, 0) is 9.53 Å². The molecular weight excluding hydrogens is 360 g/mol. The van der Waals surface area contributed by atoms with Gasteiger partial charge in [0, 0.05) is 18.0 Å². The first-order chi connectivity index (χ1) is 13.1. The average molecular weight is 385 g/mol. The fraction of sp³-hybridized carbons (Fsp3) is 0.333. The molecule has 1 unspecified atom stereocenters. The van der Waals surface area contributed by atoms with Gasteiger partial charge in [0.25, 0.3) is 5.91 Å². The summed E-state index contributed by atoms with van der Waals surface area (Å²) in [5.41, 5.74) is 1.65. The predicted octanol–water partition coefficient (Wildman–Crippen LogP) is 3.13. The van der Waals surface area contributed by atoms with Gasteiger partial charge in [-0.3, -0.25) is 9.59 Å². The minimum atomic E-state index is -0.131. The van der Waals surface area contributed by atoms with E-state index in [2.05, 4.69) is 5.32 Å². The van der Waals surface area contributed by atoms with Crippen molar-refractivity contribution in [3.05, 3.63) is 65.7 Å². The first-order valence-corrected chi connectivity index (χ1v) is 10.1. The third-order valence-electron chi connectivity index (χ3n) is 4.49. The first kappa shape index (κ1) is 19.5. The average Bonchev–Trinajstić information content (AvgIpc) is 2.73. The highest BCUT2D eigenvalue weighted by atomic mass is 32.2. The number of hydrogen-bond acceptors (Lipinski definition) is 4. The Morgan fingerprint density at radius 2 is 1.74 bits per heavy atom. The molecule has 2 amide bonds. The summed E-state index contributed by atoms with van der Waals surface area (Å²) in [6.45, 7) is 4.41. The molecule has 3 rings (SSSR count). The second-order valence-electron chi connectivity index (χ2n) is 6.38. The molecule has 5 nitrogen and oxygen atoms in total. The van der Waals surface area contributed by atoms with E-state index in [1.165, 1.54) is 11.8 Å². The molecule has 1 fully saturated rings. The Balaban J connectivity index is 1.62. The number of hydrogen-bond donors (Lipinski definition) is 1. The zero-order valence-electron chi connectivity index (χ0n) is 15.4. The fourth-order valence-corrected chi connectivity index (χ4v) is 3.88. The second-order valence-corrected chi connectivity index (χ2v) is 7.40. The van der Waals surface area contributed by atoms with E-state index < -0.39 is 0 Å². The van der Waals surface area contributed by atoms with Gasteiger partial charge in [0.05, 0.1) is 30.6 Å². The number of nitrogens with one attached hydrogen (secondary N) is 1. The summed E-state index contributed by atoms with van der Waals surface area (Å²) >= 11 is 1.41. The van der Waals surface area contributed by atoms with Crippen LogP contribution in [-0.4, -0.2) is 48.8 Å². The lowest BCUT2D eigenvalue weighted by Gasteiger charge is -2.26. The number of benzene rings is 2. The van der Waals surface area contributed by atoms with E-state index in [0.29, 0.717) is 37.6 Å². The van der Waals surface area contributed by atoms with Crippen molar-refractivity contribution in [1.29, 1.82) is 0 Å². The lowest BCUT2D eigenvalue weighted by molar-refractivity contribution is -0.132. The summed E-state index contributed by atoms with van der Waals surface area (Å²) in [5.74, 6) is 0.267. The van der Waals surface area contributed by atoms with E-state index in [9.17, 15) is 9.59 Å². The molecular formula is C21H24N2O3S. The molecule has 0 radical (unpaired) electrons. The molecule has 27 heavy (non-hydrogen) atoms. The van der Waals surface area contributed by atoms with Crippen LogP contribution in [0.1, 0.15) is 28.9 Å². The van der Waals surface area contributed by atoms with Crippen LogP contribution >= 0.6 is 11.8 Å². The molecule has 1 N–H and O–H groups in total. The van der Waals surface area contributed by atoms with Crippen LogP contribution in [0.5, 0.6) is 0 Å². The van der Waals surface area contributed by atoms with Crippen molar-refractivity contribution in [2.45, 2.75) is 17.9 Å². The topological polar surface area (TPSA) is 58.6 Å². The highest BCUT2D eigenvalue weighted by Crippen LogP contribution is 2.24. The van der Waals surface area contributed by atoms with E-state index in [4.69, 9.17) is 4.74 Å². The number of ether oxygens (including phenoxy) is 1. The van der Waals surface area contributed by atoms with Gasteiger partial charge in [-0.2, -0.15) is 0 Å². The Labute approximate surface area is 164 Å². The Kier molecular flexibility index (Phi) is 6.90. The minimum absolute atomic E-state index is 0.0798. The molecule has 1 saturated heterocycles. The van der Waals surface area contributed by atoms with Gasteiger partial charge in [0.2, 0.25) is 5.91 Å². The third-order valence-corrected chi connectivity index (χ3v) is 5.55. The highest BCUT2D eigenvalue weighted by Gasteiger charge is 2.19. The van der Waals surface area contributed by atoms with Crippen LogP contribution in [0.15, 0.2) is 59.5 Å². The molecule has 0 bridgehead atoms. The Morgan fingerprint density at radius 3 is 2.48 bits per heavy atom. The number of morpholine rings is 1. The summed E-state index contributed by atoms with van der Waals surface area (Å²) in [6, 6.07) is 17.2. The number of amides is 2. The Bertz CT molecular complexity index is 776. The molecule has 2 aromatic rings. The van der Waals surface area contributed by atoms with Crippen LogP contribution in [0.4, 0.5) is 0 Å². The lowest BCUT2D eigenvalue weighted by atomic mass is 10.1. The Hall–Kier alpha value is -2.31. The molecule has 1 heterocycles. The number of carbonyl (C=O) groups excluding carboxylic acids is 2. The normalized spacial score (nSPS) is 15.2. The monoisotopic (exact) mass is 384 g/mol. The van der Waals surface area contributed by atoms with Crippen molar-refractivity contribution in [3.63, 3.8) is 0 Å². The molecule has 1 atom stereocenters. The van der Waals surface area contributed by atoms with E-state index >= 15 is 0 Å². The van der Waals surface area contributed by atoms with Crippen LogP contribution in [0.25, 0.3) is 0 Å². The quantitative estimate of drug-likeness (QED) is 0.778. The standard InChI is InChI=1S/C21H24N2O3S/c1-16(17-7-3-2-4-8-17)22-21(25)18-9-5-6-10-19(18)27-15-20(24)23-11-13-26-14-12-23/h2-10,16H,11-15H2,1H3,(H,22,25). The summed E-state index contributed by atoms with van der Waals surface area (Å²) in [6.07, 6.45) is 0. The van der Waals surface area contributed by atoms with Gasteiger partial charge in [0.1, 0.15) is 0 Å². The number of thioether (sulfide) groups is 1. The summed E-state index contributed by atoms with van der Waals surface area (Å²) in [5, 5.41) is 3.04. The third kappa shape index (κ3) is 5.34. The maximum Gasteiger partial charge on any atom is 0.252 e. The maximum absolute atomic E-state index is 12.8. The van der Waals surface area contributed by atoms with Gasteiger partial charge in [-0.1, -0.05) is 42.5 Å². The maximum atomic E-state index is 12.8. The molecule has 0 aliphatic carbocycles. The van der Waals surface area contributed by atoms with Crippen molar-refractivity contribution in [3.8, 4) is 0 Å². The van der Waals surface area contributed by atoms with Crippen molar-refractivity contribution in [2.24, 2.45) is 0 Å². The zero-order valence-corrected chi connectivity index (χ0v) is 16.2. The number of carbonyl (C=O) groups is 2. The second kappa shape index (κ2) is 9.58. The smallest absolute Gasteiger partial charge is 0.252 e. The zero-order chi connectivity index (χ0) is 19.1. The number of nitrogens with zero attached hydrogens (tertiary/aromatic N) is 1. The van der Waals surface area contributed by atoms with Crippen molar-refractivity contribution in [1.82, 2.24) is 10.2 Å². The lowest BCUT2D eigenvalue weighted by Crippen LogP contribution is -2.41. The summed E-state index contributed by atoms with van der Waals surface area (Å²) in [7, 11) is 0. The highest BCUT2D eigenvalue weighted by molar-refractivity contribution is 8.00. The first-order valence-electron chi connectivity index (χ1n) is 9.08. The summed E-state index contributed by atoms with van der Waals surface area (Å²) < 4.78 is 5.28.